The number of nitrogens with two attached hydrogens (primary N) is 4. The van der Waals surface area contributed by atoms with Crippen molar-refractivity contribution in [2.75, 3.05) is 22.9 Å². The Labute approximate surface area is 212 Å². The predicted octanol–water partition coefficient (Wildman–Crippen LogP) is 1.45. The maximum Gasteiger partial charge on any atom is 0.224 e. The molecule has 190 valence electrons. The van der Waals surface area contributed by atoms with Crippen molar-refractivity contribution in [1.82, 2.24) is 44.8 Å². The van der Waals surface area contributed by atoms with E-state index in [9.17, 15) is 0 Å². The minimum Gasteiger partial charge on any atom is -0.382 e. The van der Waals surface area contributed by atoms with Crippen molar-refractivity contribution < 1.29 is 0 Å². The van der Waals surface area contributed by atoms with E-state index in [0.29, 0.717) is 35.4 Å². The lowest BCUT2D eigenvalue weighted by Gasteiger charge is -2.60. The summed E-state index contributed by atoms with van der Waals surface area (Å²) in [6, 6.07) is 0. The molecule has 4 aliphatic carbocycles. The van der Waals surface area contributed by atoms with Gasteiger partial charge in [0.2, 0.25) is 11.9 Å². The molecule has 0 amide bonds. The summed E-state index contributed by atoms with van der Waals surface area (Å²) >= 11 is 0. The predicted molar refractivity (Wildman–Crippen MR) is 138 cm³/mol. The fourth-order valence-electron chi connectivity index (χ4n) is 7.35. The molecule has 13 nitrogen and oxygen atoms in total. The molecule has 0 aliphatic heterocycles. The average molecular weight is 500 g/mol. The molecule has 0 spiro atoms. The number of hydrogen-bond acceptors (Lipinski definition) is 13. The molecule has 4 saturated carbocycles. The van der Waals surface area contributed by atoms with E-state index < -0.39 is 0 Å². The molecule has 0 aromatic carbocycles. The Kier molecular flexibility index (Phi) is 4.80. The largest absolute Gasteiger partial charge is 0.382 e. The van der Waals surface area contributed by atoms with E-state index in [2.05, 4.69) is 34.8 Å². The maximum absolute atomic E-state index is 6.11. The molecule has 8 N–H and O–H groups in total. The minimum atomic E-state index is 0.0777. The molecule has 4 aromatic heterocycles. The summed E-state index contributed by atoms with van der Waals surface area (Å²) in [5.74, 6) is 2.96. The van der Waals surface area contributed by atoms with Crippen molar-refractivity contribution >= 4 is 45.9 Å². The van der Waals surface area contributed by atoms with Gasteiger partial charge in [-0.15, -0.1) is 0 Å². The lowest BCUT2D eigenvalue weighted by Crippen LogP contribution is -2.59. The van der Waals surface area contributed by atoms with Gasteiger partial charge in [-0.3, -0.25) is 4.90 Å². The van der Waals surface area contributed by atoms with Crippen LogP contribution >= 0.6 is 0 Å². The Morgan fingerprint density at radius 1 is 0.649 bits per heavy atom. The summed E-state index contributed by atoms with van der Waals surface area (Å²) in [7, 11) is 0. The van der Waals surface area contributed by atoms with E-state index >= 15 is 0 Å². The molecule has 13 heteroatoms. The summed E-state index contributed by atoms with van der Waals surface area (Å²) < 4.78 is 0. The van der Waals surface area contributed by atoms with Gasteiger partial charge in [0.15, 0.2) is 34.0 Å². The Morgan fingerprint density at radius 2 is 1.08 bits per heavy atom. The average Bonchev–Trinajstić information content (AvgIpc) is 2.83. The minimum absolute atomic E-state index is 0.0777. The normalized spacial score (nSPS) is 26.5. The highest BCUT2D eigenvalue weighted by Crippen LogP contribution is 2.58. The van der Waals surface area contributed by atoms with Crippen molar-refractivity contribution in [2.45, 2.75) is 57.2 Å². The monoisotopic (exact) mass is 499 g/mol. The molecule has 4 fully saturated rings. The summed E-state index contributed by atoms with van der Waals surface area (Å²) in [6.07, 6.45) is 11.1. The van der Waals surface area contributed by atoms with Crippen molar-refractivity contribution in [1.29, 1.82) is 0 Å². The van der Waals surface area contributed by atoms with Crippen LogP contribution in [-0.4, -0.2) is 50.3 Å². The van der Waals surface area contributed by atoms with Crippen LogP contribution in [0.2, 0.25) is 0 Å². The SMILES string of the molecule is Nc1nc(N)c2nc(CN(Cc3cnc4nc(N)nc(N)c4n3)C34CC5CC(CC(C5)C3)C4)cnc2n1. The van der Waals surface area contributed by atoms with Gasteiger partial charge in [-0.1, -0.05) is 0 Å². The van der Waals surface area contributed by atoms with Gasteiger partial charge in [-0.2, -0.15) is 19.9 Å². The van der Waals surface area contributed by atoms with Crippen LogP contribution in [0.5, 0.6) is 0 Å². The van der Waals surface area contributed by atoms with Crippen LogP contribution in [0.15, 0.2) is 12.4 Å². The number of aromatic nitrogens is 8. The molecule has 4 aliphatic rings. The van der Waals surface area contributed by atoms with E-state index in [1.165, 1.54) is 38.5 Å². The second-order valence-corrected chi connectivity index (χ2v) is 11.0. The zero-order valence-electron chi connectivity index (χ0n) is 20.4. The smallest absolute Gasteiger partial charge is 0.224 e. The summed E-state index contributed by atoms with van der Waals surface area (Å²) in [5.41, 5.74) is 27.1. The molecule has 0 atom stereocenters. The van der Waals surface area contributed by atoms with Crippen LogP contribution in [0, 0.1) is 17.8 Å². The van der Waals surface area contributed by atoms with Gasteiger partial charge in [0.25, 0.3) is 0 Å². The molecule has 0 saturated heterocycles. The topological polar surface area (TPSA) is 210 Å². The Hall–Kier alpha value is -4.00. The quantitative estimate of drug-likeness (QED) is 0.306. The van der Waals surface area contributed by atoms with Gasteiger partial charge in [0.05, 0.1) is 23.8 Å². The highest BCUT2D eigenvalue weighted by Gasteiger charge is 2.53. The van der Waals surface area contributed by atoms with Crippen LogP contribution in [0.1, 0.15) is 49.9 Å². The van der Waals surface area contributed by atoms with Gasteiger partial charge < -0.3 is 22.9 Å². The first-order chi connectivity index (χ1) is 17.8. The van der Waals surface area contributed by atoms with E-state index in [-0.39, 0.29) is 29.1 Å². The zero-order valence-corrected chi connectivity index (χ0v) is 20.4. The van der Waals surface area contributed by atoms with Crippen LogP contribution in [-0.2, 0) is 13.1 Å². The third-order valence-corrected chi connectivity index (χ3v) is 8.38. The highest BCUT2D eigenvalue weighted by atomic mass is 15.2. The van der Waals surface area contributed by atoms with Crippen LogP contribution in [0.4, 0.5) is 23.5 Å². The van der Waals surface area contributed by atoms with Gasteiger partial charge in [0.1, 0.15) is 0 Å². The number of rotatable bonds is 5. The lowest BCUT2D eigenvalue weighted by molar-refractivity contribution is -0.0969. The van der Waals surface area contributed by atoms with E-state index in [1.807, 2.05) is 0 Å². The lowest BCUT2D eigenvalue weighted by atomic mass is 9.52. The first-order valence-corrected chi connectivity index (χ1v) is 12.7. The number of fused-ring (bicyclic) bond motifs is 2. The summed E-state index contributed by atoms with van der Waals surface area (Å²) in [6.45, 7) is 1.18. The van der Waals surface area contributed by atoms with Gasteiger partial charge in [-0.25, -0.2) is 19.9 Å². The molecular formula is C24H29N13. The van der Waals surface area contributed by atoms with Gasteiger partial charge >= 0.3 is 0 Å². The first-order valence-electron chi connectivity index (χ1n) is 12.7. The molecule has 0 unspecified atom stereocenters. The molecule has 4 aromatic rings. The third-order valence-electron chi connectivity index (χ3n) is 8.38. The van der Waals surface area contributed by atoms with Gasteiger partial charge in [0, 0.05) is 18.6 Å². The number of nitrogen functional groups attached to an aromatic ring is 4. The van der Waals surface area contributed by atoms with Crippen LogP contribution in [0.25, 0.3) is 22.3 Å². The number of hydrogen-bond donors (Lipinski definition) is 4. The summed E-state index contributed by atoms with van der Waals surface area (Å²) in [5, 5.41) is 0. The molecule has 8 rings (SSSR count). The second-order valence-electron chi connectivity index (χ2n) is 11.0. The number of anilines is 4. The Morgan fingerprint density at radius 3 is 1.51 bits per heavy atom. The fourth-order valence-corrected chi connectivity index (χ4v) is 7.35. The van der Waals surface area contributed by atoms with Crippen molar-refractivity contribution in [3.63, 3.8) is 0 Å². The molecular weight excluding hydrogens is 470 g/mol. The standard InChI is InChI=1S/C24H29N13/c25-18-16-20(35-22(27)33-18)29-7-14(31-16)9-37(24-4-11-1-12(5-24)3-13(2-11)6-24)10-15-8-30-21-17(32-15)19(26)34-23(28)36-21/h7-8,11-13H,1-6,9-10H2,(H4,25,27,29,33,35)(H4,26,28,30,34,36). The van der Waals surface area contributed by atoms with Crippen molar-refractivity contribution in [2.24, 2.45) is 17.8 Å². The van der Waals surface area contributed by atoms with E-state index in [1.54, 1.807) is 12.4 Å². The molecule has 4 bridgehead atoms. The zero-order chi connectivity index (χ0) is 25.3. The maximum atomic E-state index is 6.11. The Balaban J connectivity index is 1.28. The van der Waals surface area contributed by atoms with Crippen molar-refractivity contribution in [3.8, 4) is 0 Å². The van der Waals surface area contributed by atoms with E-state index in [0.717, 1.165) is 29.1 Å². The van der Waals surface area contributed by atoms with Crippen LogP contribution in [0.3, 0.4) is 0 Å². The second kappa shape index (κ2) is 8.00. The highest BCUT2D eigenvalue weighted by molar-refractivity contribution is 5.82. The van der Waals surface area contributed by atoms with Gasteiger partial charge in [-0.05, 0) is 56.3 Å². The molecule has 0 radical (unpaired) electrons. The third kappa shape index (κ3) is 3.80. The molecule has 4 heterocycles. The first kappa shape index (κ1) is 22.2. The number of nitrogens with zero attached hydrogens (tertiary/aromatic N) is 9. The summed E-state index contributed by atoms with van der Waals surface area (Å²) in [4.78, 5) is 37.6. The van der Waals surface area contributed by atoms with E-state index in [4.69, 9.17) is 32.9 Å². The molecule has 37 heavy (non-hydrogen) atoms. The fraction of sp³-hybridized carbons (Fsp3) is 0.500. The Bertz CT molecular complexity index is 1410. The van der Waals surface area contributed by atoms with Crippen molar-refractivity contribution in [3.05, 3.63) is 23.8 Å². The van der Waals surface area contributed by atoms with Crippen LogP contribution < -0.4 is 22.9 Å².